The summed E-state index contributed by atoms with van der Waals surface area (Å²) in [6, 6.07) is 0. The molecule has 3 heterocycles. The van der Waals surface area contributed by atoms with Gasteiger partial charge in [0.2, 0.25) is 5.65 Å². The molecule has 3 rings (SSSR count). The first kappa shape index (κ1) is 9.67. The van der Waals surface area contributed by atoms with Crippen LogP contribution in [0.1, 0.15) is 0 Å². The molecule has 0 bridgehead atoms. The third-order valence-electron chi connectivity index (χ3n) is 2.38. The average molecular weight is 239 g/mol. The van der Waals surface area contributed by atoms with Gasteiger partial charge >= 0.3 is 0 Å². The van der Waals surface area contributed by atoms with E-state index in [1.807, 2.05) is 0 Å². The minimum Gasteiger partial charge on any atom is -0.378 e. The van der Waals surface area contributed by atoms with Crippen molar-refractivity contribution in [3.63, 3.8) is 0 Å². The van der Waals surface area contributed by atoms with Gasteiger partial charge in [-0.25, -0.2) is 5.10 Å². The number of anilines is 1. The SMILES string of the molecule is O=c1[nH]nnc2nc(N3CCOCC3)sc12. The van der Waals surface area contributed by atoms with E-state index in [0.29, 0.717) is 23.6 Å². The number of morpholine rings is 1. The van der Waals surface area contributed by atoms with E-state index >= 15 is 0 Å². The molecule has 1 aliphatic rings. The van der Waals surface area contributed by atoms with Gasteiger partial charge in [0.1, 0.15) is 4.70 Å². The molecule has 0 unspecified atom stereocenters. The van der Waals surface area contributed by atoms with Crippen LogP contribution in [0.15, 0.2) is 4.79 Å². The van der Waals surface area contributed by atoms with Crippen LogP contribution >= 0.6 is 11.3 Å². The van der Waals surface area contributed by atoms with Crippen LogP contribution in [0.4, 0.5) is 5.13 Å². The Kier molecular flexibility index (Phi) is 2.29. The molecule has 1 saturated heterocycles. The molecule has 84 valence electrons. The highest BCUT2D eigenvalue weighted by molar-refractivity contribution is 7.22. The summed E-state index contributed by atoms with van der Waals surface area (Å²) in [4.78, 5) is 17.8. The van der Waals surface area contributed by atoms with Gasteiger partial charge in [-0.05, 0) is 0 Å². The van der Waals surface area contributed by atoms with Crippen molar-refractivity contribution in [1.82, 2.24) is 20.4 Å². The van der Waals surface area contributed by atoms with E-state index < -0.39 is 0 Å². The van der Waals surface area contributed by atoms with Gasteiger partial charge in [0.15, 0.2) is 5.13 Å². The Hall–Kier alpha value is -1.54. The van der Waals surface area contributed by atoms with Crippen LogP contribution in [-0.2, 0) is 4.74 Å². The van der Waals surface area contributed by atoms with E-state index in [4.69, 9.17) is 4.74 Å². The predicted molar refractivity (Wildman–Crippen MR) is 58.9 cm³/mol. The van der Waals surface area contributed by atoms with Gasteiger partial charge in [-0.2, -0.15) is 4.98 Å². The summed E-state index contributed by atoms with van der Waals surface area (Å²) in [6.45, 7) is 2.98. The predicted octanol–water partition coefficient (Wildman–Crippen LogP) is -0.389. The molecule has 8 heteroatoms. The summed E-state index contributed by atoms with van der Waals surface area (Å²) >= 11 is 1.34. The van der Waals surface area contributed by atoms with Crippen molar-refractivity contribution in [2.24, 2.45) is 0 Å². The molecule has 2 aromatic rings. The lowest BCUT2D eigenvalue weighted by Gasteiger charge is -2.25. The van der Waals surface area contributed by atoms with E-state index in [0.717, 1.165) is 18.2 Å². The molecular weight excluding hydrogens is 230 g/mol. The third kappa shape index (κ3) is 1.55. The lowest BCUT2D eigenvalue weighted by Crippen LogP contribution is -2.36. The summed E-state index contributed by atoms with van der Waals surface area (Å²) in [6.07, 6.45) is 0. The molecule has 0 aromatic carbocycles. The fraction of sp³-hybridized carbons (Fsp3) is 0.500. The maximum Gasteiger partial charge on any atom is 0.286 e. The second-order valence-corrected chi connectivity index (χ2v) is 4.37. The molecule has 0 atom stereocenters. The van der Waals surface area contributed by atoms with Gasteiger partial charge in [-0.15, -0.1) is 5.10 Å². The molecule has 7 nitrogen and oxygen atoms in total. The van der Waals surface area contributed by atoms with E-state index in [1.54, 1.807) is 0 Å². The Balaban J connectivity index is 2.04. The summed E-state index contributed by atoms with van der Waals surface area (Å²) in [7, 11) is 0. The lowest BCUT2D eigenvalue weighted by atomic mass is 10.5. The number of H-pyrrole nitrogens is 1. The monoisotopic (exact) mass is 239 g/mol. The Morgan fingerprint density at radius 2 is 2.19 bits per heavy atom. The Morgan fingerprint density at radius 3 is 2.94 bits per heavy atom. The number of thiazole rings is 1. The molecule has 1 fully saturated rings. The van der Waals surface area contributed by atoms with Crippen molar-refractivity contribution in [1.29, 1.82) is 0 Å². The summed E-state index contributed by atoms with van der Waals surface area (Å²) in [5, 5.41) is 10.4. The van der Waals surface area contributed by atoms with Gasteiger partial charge in [-0.1, -0.05) is 16.6 Å². The molecule has 0 amide bonds. The number of nitrogens with one attached hydrogen (secondary N) is 1. The van der Waals surface area contributed by atoms with Crippen molar-refractivity contribution >= 4 is 26.8 Å². The van der Waals surface area contributed by atoms with Gasteiger partial charge < -0.3 is 9.64 Å². The first-order valence-electron chi connectivity index (χ1n) is 4.89. The standard InChI is InChI=1S/C8H9N5O2S/c14-7-5-6(10-12-11-7)9-8(16-5)13-1-3-15-4-2-13/h1-4H2,(H,10,11,14). The molecular formula is C8H9N5O2S. The molecule has 1 aliphatic heterocycles. The maximum atomic E-state index is 11.4. The highest BCUT2D eigenvalue weighted by Gasteiger charge is 2.17. The number of fused-ring (bicyclic) bond motifs is 1. The fourth-order valence-corrected chi connectivity index (χ4v) is 2.52. The highest BCUT2D eigenvalue weighted by Crippen LogP contribution is 2.25. The van der Waals surface area contributed by atoms with Gasteiger partial charge in [0.25, 0.3) is 5.56 Å². The van der Waals surface area contributed by atoms with E-state index in [-0.39, 0.29) is 5.56 Å². The van der Waals surface area contributed by atoms with Crippen molar-refractivity contribution < 1.29 is 4.74 Å². The van der Waals surface area contributed by atoms with Gasteiger partial charge in [0, 0.05) is 13.1 Å². The van der Waals surface area contributed by atoms with Crippen LogP contribution in [-0.4, -0.2) is 46.7 Å². The second kappa shape index (κ2) is 3.80. The zero-order valence-electron chi connectivity index (χ0n) is 8.34. The molecule has 0 radical (unpaired) electrons. The number of aromatic amines is 1. The van der Waals surface area contributed by atoms with Crippen LogP contribution in [0.3, 0.4) is 0 Å². The number of rotatable bonds is 1. The minimum atomic E-state index is -0.234. The summed E-state index contributed by atoms with van der Waals surface area (Å²) < 4.78 is 5.78. The average Bonchev–Trinajstić information content (AvgIpc) is 2.76. The van der Waals surface area contributed by atoms with Crippen LogP contribution in [0.25, 0.3) is 10.3 Å². The Bertz CT molecular complexity index is 559. The molecule has 0 spiro atoms. The summed E-state index contributed by atoms with van der Waals surface area (Å²) in [5.41, 5.74) is 0.178. The Morgan fingerprint density at radius 1 is 1.38 bits per heavy atom. The molecule has 2 aromatic heterocycles. The van der Waals surface area contributed by atoms with E-state index in [9.17, 15) is 4.79 Å². The van der Waals surface area contributed by atoms with Gasteiger partial charge in [0.05, 0.1) is 13.2 Å². The number of nitrogens with zero attached hydrogens (tertiary/aromatic N) is 4. The van der Waals surface area contributed by atoms with Crippen LogP contribution in [0.2, 0.25) is 0 Å². The number of hydrogen-bond donors (Lipinski definition) is 1. The van der Waals surface area contributed by atoms with Crippen LogP contribution in [0.5, 0.6) is 0 Å². The molecule has 16 heavy (non-hydrogen) atoms. The quantitative estimate of drug-likeness (QED) is 0.729. The molecule has 0 saturated carbocycles. The smallest absolute Gasteiger partial charge is 0.286 e. The molecule has 1 N–H and O–H groups in total. The number of ether oxygens (including phenoxy) is 1. The minimum absolute atomic E-state index is 0.234. The number of aromatic nitrogens is 4. The normalized spacial score (nSPS) is 16.9. The van der Waals surface area contributed by atoms with Crippen molar-refractivity contribution in [2.45, 2.75) is 0 Å². The first-order chi connectivity index (χ1) is 7.84. The van der Waals surface area contributed by atoms with Crippen molar-refractivity contribution in [3.8, 4) is 0 Å². The largest absolute Gasteiger partial charge is 0.378 e. The fourth-order valence-electron chi connectivity index (χ4n) is 1.58. The van der Waals surface area contributed by atoms with E-state index in [2.05, 4.69) is 25.3 Å². The van der Waals surface area contributed by atoms with E-state index in [1.165, 1.54) is 11.3 Å². The van der Waals surface area contributed by atoms with Gasteiger partial charge in [-0.3, -0.25) is 4.79 Å². The Labute approximate surface area is 94.1 Å². The zero-order valence-corrected chi connectivity index (χ0v) is 9.16. The first-order valence-corrected chi connectivity index (χ1v) is 5.71. The maximum absolute atomic E-state index is 11.4. The number of hydrogen-bond acceptors (Lipinski definition) is 7. The topological polar surface area (TPSA) is 84.0 Å². The van der Waals surface area contributed by atoms with Crippen molar-refractivity contribution in [3.05, 3.63) is 10.4 Å². The highest BCUT2D eigenvalue weighted by atomic mass is 32.1. The second-order valence-electron chi connectivity index (χ2n) is 3.39. The summed E-state index contributed by atoms with van der Waals surface area (Å²) in [5.74, 6) is 0. The van der Waals surface area contributed by atoms with Crippen LogP contribution in [0, 0.1) is 0 Å². The zero-order chi connectivity index (χ0) is 11.0. The van der Waals surface area contributed by atoms with Crippen molar-refractivity contribution in [2.75, 3.05) is 31.2 Å². The lowest BCUT2D eigenvalue weighted by molar-refractivity contribution is 0.122. The van der Waals surface area contributed by atoms with Crippen LogP contribution < -0.4 is 10.5 Å². The third-order valence-corrected chi connectivity index (χ3v) is 3.49. The molecule has 0 aliphatic carbocycles.